The highest BCUT2D eigenvalue weighted by Gasteiger charge is 2.31. The Morgan fingerprint density at radius 3 is 1.30 bits per heavy atom. The molecule has 0 unspecified atom stereocenters. The Hall–Kier alpha value is 0.900. The van der Waals surface area contributed by atoms with Crippen LogP contribution in [0.3, 0.4) is 0 Å². The first-order valence-corrected chi connectivity index (χ1v) is 4.62. The molecule has 58 valence electrons. The molecule has 0 amide bonds. The van der Waals surface area contributed by atoms with E-state index in [0.717, 1.165) is 0 Å². The van der Waals surface area contributed by atoms with Crippen LogP contribution in [-0.4, -0.2) is 21.5 Å². The van der Waals surface area contributed by atoms with Crippen molar-refractivity contribution in [1.82, 2.24) is 0 Å². The Bertz CT molecular complexity index is 129. The Labute approximate surface area is 80.1 Å². The summed E-state index contributed by atoms with van der Waals surface area (Å²) in [5.41, 5.74) is 0. The maximum absolute atomic E-state index is 5.81. The molecule has 0 aromatic carbocycles. The zero-order valence-corrected chi connectivity index (χ0v) is 8.00. The monoisotopic (exact) mass is 218 g/mol. The summed E-state index contributed by atoms with van der Waals surface area (Å²) in [5.74, 6) is 0. The molecule has 0 aromatic rings. The lowest BCUT2D eigenvalue weighted by atomic mass is 10.1. The van der Waals surface area contributed by atoms with Crippen LogP contribution in [0.15, 0.2) is 12.2 Å². The molecule has 0 radical (unpaired) electrons. The van der Waals surface area contributed by atoms with E-state index in [4.69, 9.17) is 46.4 Å². The number of rotatable bonds is 0. The molecule has 1 aliphatic rings. The second kappa shape index (κ2) is 3.53. The summed E-state index contributed by atoms with van der Waals surface area (Å²) in [6.45, 7) is 0. The van der Waals surface area contributed by atoms with E-state index < -0.39 is 0 Å². The van der Waals surface area contributed by atoms with Gasteiger partial charge in [0.1, 0.15) is 0 Å². The highest BCUT2D eigenvalue weighted by atomic mass is 35.5. The van der Waals surface area contributed by atoms with Crippen LogP contribution in [-0.2, 0) is 0 Å². The SMILES string of the molecule is Cl[C@@H]1[C@H](Cl)[C@@H](Cl)C=C[C@H]1Cl. The van der Waals surface area contributed by atoms with Crippen LogP contribution in [0, 0.1) is 0 Å². The first kappa shape index (κ1) is 8.99. The summed E-state index contributed by atoms with van der Waals surface area (Å²) >= 11 is 23.2. The molecule has 0 heterocycles. The standard InChI is InChI=1S/C6H6Cl4/c7-3-1-2-4(8)6(10)5(3)9/h1-6H/t3-,4+,5+,6-. The second-order valence-corrected chi connectivity index (χ2v) is 4.18. The van der Waals surface area contributed by atoms with Gasteiger partial charge in [0.05, 0.1) is 21.5 Å². The average molecular weight is 220 g/mol. The van der Waals surface area contributed by atoms with Gasteiger partial charge >= 0.3 is 0 Å². The van der Waals surface area contributed by atoms with Gasteiger partial charge in [-0.15, -0.1) is 46.4 Å². The van der Waals surface area contributed by atoms with Crippen LogP contribution in [0.25, 0.3) is 0 Å². The third kappa shape index (κ3) is 1.73. The third-order valence-electron chi connectivity index (χ3n) is 1.39. The van der Waals surface area contributed by atoms with Gasteiger partial charge in [-0.2, -0.15) is 0 Å². The minimum Gasteiger partial charge on any atom is -0.119 e. The molecule has 4 heteroatoms. The minimum atomic E-state index is -0.268. The number of alkyl halides is 4. The second-order valence-electron chi connectivity index (χ2n) is 2.16. The first-order chi connectivity index (χ1) is 4.63. The maximum Gasteiger partial charge on any atom is 0.0716 e. The van der Waals surface area contributed by atoms with Crippen LogP contribution in [0.5, 0.6) is 0 Å². The normalized spacial score (nSPS) is 47.6. The molecule has 0 spiro atoms. The summed E-state index contributed by atoms with van der Waals surface area (Å²) in [6, 6.07) is 0. The van der Waals surface area contributed by atoms with Crippen molar-refractivity contribution in [2.45, 2.75) is 21.5 Å². The van der Waals surface area contributed by atoms with Gasteiger partial charge in [-0.25, -0.2) is 0 Å². The lowest BCUT2D eigenvalue weighted by molar-refractivity contribution is 0.759. The molecule has 0 aliphatic heterocycles. The van der Waals surface area contributed by atoms with Crippen LogP contribution < -0.4 is 0 Å². The van der Waals surface area contributed by atoms with Gasteiger partial charge in [-0.05, 0) is 0 Å². The zero-order valence-electron chi connectivity index (χ0n) is 4.98. The van der Waals surface area contributed by atoms with Gasteiger partial charge in [-0.3, -0.25) is 0 Å². The molecule has 0 saturated carbocycles. The summed E-state index contributed by atoms with van der Waals surface area (Å²) in [4.78, 5) is 0. The van der Waals surface area contributed by atoms with Gasteiger partial charge < -0.3 is 0 Å². The van der Waals surface area contributed by atoms with Crippen LogP contribution in [0.4, 0.5) is 0 Å². The van der Waals surface area contributed by atoms with Crippen molar-refractivity contribution < 1.29 is 0 Å². The van der Waals surface area contributed by atoms with Crippen molar-refractivity contribution in [2.24, 2.45) is 0 Å². The predicted octanol–water partition coefficient (Wildman–Crippen LogP) is 2.99. The number of halogens is 4. The van der Waals surface area contributed by atoms with E-state index in [9.17, 15) is 0 Å². The van der Waals surface area contributed by atoms with Crippen LogP contribution in [0.2, 0.25) is 0 Å². The summed E-state index contributed by atoms with van der Waals surface area (Å²) in [5, 5.41) is -0.926. The fraction of sp³-hybridized carbons (Fsp3) is 0.667. The lowest BCUT2D eigenvalue weighted by Gasteiger charge is -2.25. The third-order valence-corrected chi connectivity index (χ3v) is 3.70. The van der Waals surface area contributed by atoms with Crippen molar-refractivity contribution in [3.8, 4) is 0 Å². The molecular formula is C6H6Cl4. The molecule has 0 N–H and O–H groups in total. The van der Waals surface area contributed by atoms with Crippen molar-refractivity contribution in [3.05, 3.63) is 12.2 Å². The first-order valence-electron chi connectivity index (χ1n) is 2.87. The Kier molecular flexibility index (Phi) is 3.18. The summed E-state index contributed by atoms with van der Waals surface area (Å²) < 4.78 is 0. The van der Waals surface area contributed by atoms with Gasteiger partial charge in [0.25, 0.3) is 0 Å². The van der Waals surface area contributed by atoms with E-state index in [-0.39, 0.29) is 21.5 Å². The highest BCUT2D eigenvalue weighted by molar-refractivity contribution is 6.39. The number of allylic oxidation sites excluding steroid dienone is 2. The van der Waals surface area contributed by atoms with Gasteiger partial charge in [-0.1, -0.05) is 12.2 Å². The molecule has 10 heavy (non-hydrogen) atoms. The maximum atomic E-state index is 5.81. The lowest BCUT2D eigenvalue weighted by Crippen LogP contribution is -2.34. The average Bonchev–Trinajstić information content (AvgIpc) is 1.93. The van der Waals surface area contributed by atoms with Crippen molar-refractivity contribution >= 4 is 46.4 Å². The molecule has 0 aromatic heterocycles. The Morgan fingerprint density at radius 2 is 1.00 bits per heavy atom. The summed E-state index contributed by atoms with van der Waals surface area (Å²) in [6.07, 6.45) is 3.55. The van der Waals surface area contributed by atoms with Crippen molar-refractivity contribution in [1.29, 1.82) is 0 Å². The minimum absolute atomic E-state index is 0.195. The number of hydrogen-bond donors (Lipinski definition) is 0. The van der Waals surface area contributed by atoms with Gasteiger partial charge in [0.2, 0.25) is 0 Å². The van der Waals surface area contributed by atoms with Crippen LogP contribution >= 0.6 is 46.4 Å². The fourth-order valence-electron chi connectivity index (χ4n) is 0.776. The van der Waals surface area contributed by atoms with E-state index in [1.165, 1.54) is 0 Å². The van der Waals surface area contributed by atoms with E-state index >= 15 is 0 Å². The van der Waals surface area contributed by atoms with Crippen molar-refractivity contribution in [2.75, 3.05) is 0 Å². The topological polar surface area (TPSA) is 0 Å². The highest BCUT2D eigenvalue weighted by Crippen LogP contribution is 2.29. The van der Waals surface area contributed by atoms with Gasteiger partial charge in [0.15, 0.2) is 0 Å². The zero-order chi connectivity index (χ0) is 7.72. The number of hydrogen-bond acceptors (Lipinski definition) is 0. The molecule has 0 nitrogen and oxygen atoms in total. The molecule has 4 atom stereocenters. The van der Waals surface area contributed by atoms with Crippen LogP contribution in [0.1, 0.15) is 0 Å². The van der Waals surface area contributed by atoms with Crippen molar-refractivity contribution in [3.63, 3.8) is 0 Å². The largest absolute Gasteiger partial charge is 0.119 e. The molecule has 0 fully saturated rings. The van der Waals surface area contributed by atoms with E-state index in [0.29, 0.717) is 0 Å². The van der Waals surface area contributed by atoms with E-state index in [2.05, 4.69) is 0 Å². The molecular weight excluding hydrogens is 214 g/mol. The van der Waals surface area contributed by atoms with E-state index in [1.807, 2.05) is 0 Å². The predicted molar refractivity (Wildman–Crippen MR) is 47.7 cm³/mol. The molecule has 0 bridgehead atoms. The van der Waals surface area contributed by atoms with Gasteiger partial charge in [0, 0.05) is 0 Å². The Morgan fingerprint density at radius 1 is 0.700 bits per heavy atom. The smallest absolute Gasteiger partial charge is 0.0716 e. The quantitative estimate of drug-likeness (QED) is 0.434. The fourth-order valence-corrected chi connectivity index (χ4v) is 1.89. The van der Waals surface area contributed by atoms with E-state index in [1.54, 1.807) is 12.2 Å². The molecule has 0 saturated heterocycles. The summed E-state index contributed by atoms with van der Waals surface area (Å²) in [7, 11) is 0. The molecule has 1 rings (SSSR count). The molecule has 1 aliphatic carbocycles. The Balaban J connectivity index is 2.69.